The number of rotatable bonds is 5. The molecule has 2 N–H and O–H groups in total. The Morgan fingerprint density at radius 3 is 2.50 bits per heavy atom. The number of benzene rings is 2. The second-order valence-corrected chi connectivity index (χ2v) is 8.33. The molecule has 3 rings (SSSR count). The molecule has 1 aliphatic heterocycles. The highest BCUT2D eigenvalue weighted by molar-refractivity contribution is 7.89. The molecule has 1 fully saturated rings. The van der Waals surface area contributed by atoms with Crippen molar-refractivity contribution in [3.8, 4) is 5.75 Å². The van der Waals surface area contributed by atoms with E-state index in [2.05, 4.69) is 0 Å². The van der Waals surface area contributed by atoms with Crippen LogP contribution in [0.15, 0.2) is 53.4 Å². The van der Waals surface area contributed by atoms with E-state index < -0.39 is 26.7 Å². The quantitative estimate of drug-likeness (QED) is 0.811. The Bertz CT molecular complexity index is 918. The largest absolute Gasteiger partial charge is 0.493 e. The number of piperidine rings is 1. The van der Waals surface area contributed by atoms with Crippen LogP contribution in [0.3, 0.4) is 0 Å². The first-order valence-corrected chi connectivity index (χ1v) is 10.4. The van der Waals surface area contributed by atoms with Gasteiger partial charge in [0.2, 0.25) is 10.0 Å². The minimum Gasteiger partial charge on any atom is -0.493 e. The van der Waals surface area contributed by atoms with Crippen molar-refractivity contribution in [1.82, 2.24) is 0 Å². The molecule has 0 aliphatic carbocycles. The van der Waals surface area contributed by atoms with E-state index in [0.29, 0.717) is 25.4 Å². The summed E-state index contributed by atoms with van der Waals surface area (Å²) in [4.78, 5) is 0.912. The average Bonchev–Trinajstić information content (AvgIpc) is 2.65. The number of halogens is 3. The molecular weight excluding hydrogens is 393 g/mol. The zero-order valence-electron chi connectivity index (χ0n) is 15.0. The minimum atomic E-state index is -4.82. The molecular formula is C19H21F3N2O3S. The molecule has 5 nitrogen and oxygen atoms in total. The Hall–Kier alpha value is -2.26. The van der Waals surface area contributed by atoms with Crippen LogP contribution in [-0.4, -0.2) is 28.1 Å². The van der Waals surface area contributed by atoms with Gasteiger partial charge in [-0.25, -0.2) is 13.6 Å². The van der Waals surface area contributed by atoms with Gasteiger partial charge in [0.1, 0.15) is 5.75 Å². The van der Waals surface area contributed by atoms with Crippen molar-refractivity contribution in [3.05, 3.63) is 54.1 Å². The molecule has 0 radical (unpaired) electrons. The van der Waals surface area contributed by atoms with Crippen LogP contribution in [0.2, 0.25) is 0 Å². The standard InChI is InChI=1S/C19H21F3N2O3S/c20-19(21,22)17-11-15(8-9-18(17)28(23,25)26)24-10-4-5-14(12-24)13-27-16-6-2-1-3-7-16/h1-3,6-9,11,14H,4-5,10,12-13H2,(H2,23,25,26). The third-order valence-electron chi connectivity index (χ3n) is 4.69. The van der Waals surface area contributed by atoms with Crippen molar-refractivity contribution in [2.24, 2.45) is 11.1 Å². The average molecular weight is 414 g/mol. The number of para-hydroxylation sites is 1. The lowest BCUT2D eigenvalue weighted by Gasteiger charge is -2.34. The van der Waals surface area contributed by atoms with Crippen LogP contribution in [-0.2, 0) is 16.2 Å². The number of nitrogens with two attached hydrogens (primary N) is 1. The molecule has 1 saturated heterocycles. The van der Waals surface area contributed by atoms with Crippen LogP contribution < -0.4 is 14.8 Å². The van der Waals surface area contributed by atoms with E-state index >= 15 is 0 Å². The summed E-state index contributed by atoms with van der Waals surface area (Å²) in [6.07, 6.45) is -3.10. The molecule has 152 valence electrons. The number of hydrogen-bond acceptors (Lipinski definition) is 4. The Morgan fingerprint density at radius 1 is 1.14 bits per heavy atom. The molecule has 1 unspecified atom stereocenters. The van der Waals surface area contributed by atoms with E-state index in [9.17, 15) is 21.6 Å². The maximum Gasteiger partial charge on any atom is 0.417 e. The van der Waals surface area contributed by atoms with Crippen molar-refractivity contribution in [2.45, 2.75) is 23.9 Å². The summed E-state index contributed by atoms with van der Waals surface area (Å²) in [6, 6.07) is 12.5. The summed E-state index contributed by atoms with van der Waals surface area (Å²) >= 11 is 0. The fourth-order valence-corrected chi connectivity index (χ4v) is 4.09. The highest BCUT2D eigenvalue weighted by atomic mass is 32.2. The van der Waals surface area contributed by atoms with E-state index in [-0.39, 0.29) is 5.92 Å². The molecule has 0 aromatic heterocycles. The second kappa shape index (κ2) is 8.00. The smallest absolute Gasteiger partial charge is 0.417 e. The van der Waals surface area contributed by atoms with Gasteiger partial charge in [0.05, 0.1) is 17.1 Å². The first kappa shape index (κ1) is 20.5. The van der Waals surface area contributed by atoms with E-state index in [0.717, 1.165) is 30.7 Å². The molecule has 0 amide bonds. The van der Waals surface area contributed by atoms with Crippen molar-refractivity contribution in [1.29, 1.82) is 0 Å². The lowest BCUT2D eigenvalue weighted by molar-refractivity contribution is -0.139. The molecule has 1 heterocycles. The first-order valence-electron chi connectivity index (χ1n) is 8.81. The summed E-state index contributed by atoms with van der Waals surface area (Å²) in [5.41, 5.74) is -0.917. The molecule has 1 atom stereocenters. The van der Waals surface area contributed by atoms with Gasteiger partial charge in [0, 0.05) is 24.7 Å². The molecule has 9 heteroatoms. The summed E-state index contributed by atoms with van der Waals surface area (Å²) in [5.74, 6) is 0.901. The summed E-state index contributed by atoms with van der Waals surface area (Å²) in [7, 11) is -4.47. The van der Waals surface area contributed by atoms with Gasteiger partial charge in [-0.15, -0.1) is 0 Å². The summed E-state index contributed by atoms with van der Waals surface area (Å²) < 4.78 is 68.8. The lowest BCUT2D eigenvalue weighted by Crippen LogP contribution is -2.38. The van der Waals surface area contributed by atoms with Crippen LogP contribution in [0, 0.1) is 5.92 Å². The predicted octanol–water partition coefficient (Wildman–Crippen LogP) is 3.65. The van der Waals surface area contributed by atoms with E-state index in [1.165, 1.54) is 6.07 Å². The van der Waals surface area contributed by atoms with Gasteiger partial charge >= 0.3 is 6.18 Å². The van der Waals surface area contributed by atoms with Gasteiger partial charge in [-0.05, 0) is 43.2 Å². The van der Waals surface area contributed by atoms with E-state index in [1.54, 1.807) is 0 Å². The van der Waals surface area contributed by atoms with Crippen LogP contribution in [0.4, 0.5) is 18.9 Å². The van der Waals surface area contributed by atoms with Crippen LogP contribution in [0.1, 0.15) is 18.4 Å². The van der Waals surface area contributed by atoms with Crippen LogP contribution in [0.25, 0.3) is 0 Å². The Labute approximate surface area is 162 Å². The SMILES string of the molecule is NS(=O)(=O)c1ccc(N2CCCC(COc3ccccc3)C2)cc1C(F)(F)F. The first-order chi connectivity index (χ1) is 13.1. The third-order valence-corrected chi connectivity index (χ3v) is 5.66. The number of primary sulfonamides is 1. The van der Waals surface area contributed by atoms with Crippen molar-refractivity contribution < 1.29 is 26.3 Å². The fourth-order valence-electron chi connectivity index (χ4n) is 3.35. The zero-order chi connectivity index (χ0) is 20.4. The fraction of sp³-hybridized carbons (Fsp3) is 0.368. The van der Waals surface area contributed by atoms with E-state index in [1.807, 2.05) is 35.2 Å². The Morgan fingerprint density at radius 2 is 1.86 bits per heavy atom. The number of hydrogen-bond donors (Lipinski definition) is 1. The molecule has 2 aromatic rings. The summed E-state index contributed by atoms with van der Waals surface area (Å²) in [5, 5.41) is 4.94. The van der Waals surface area contributed by atoms with E-state index in [4.69, 9.17) is 9.88 Å². The van der Waals surface area contributed by atoms with Crippen LogP contribution in [0.5, 0.6) is 5.75 Å². The van der Waals surface area contributed by atoms with Crippen molar-refractivity contribution in [3.63, 3.8) is 0 Å². The molecule has 1 aliphatic rings. The van der Waals surface area contributed by atoms with Crippen molar-refractivity contribution in [2.75, 3.05) is 24.6 Å². The monoisotopic (exact) mass is 414 g/mol. The van der Waals surface area contributed by atoms with Gasteiger partial charge in [-0.3, -0.25) is 0 Å². The number of sulfonamides is 1. The number of alkyl halides is 3. The maximum absolute atomic E-state index is 13.4. The van der Waals surface area contributed by atoms with Gasteiger partial charge in [-0.2, -0.15) is 13.2 Å². The number of anilines is 1. The highest BCUT2D eigenvalue weighted by Gasteiger charge is 2.37. The molecule has 2 aromatic carbocycles. The Kier molecular flexibility index (Phi) is 5.85. The maximum atomic E-state index is 13.4. The lowest BCUT2D eigenvalue weighted by atomic mass is 9.98. The van der Waals surface area contributed by atoms with Gasteiger partial charge < -0.3 is 9.64 Å². The third kappa shape index (κ3) is 4.96. The topological polar surface area (TPSA) is 72.6 Å². The highest BCUT2D eigenvalue weighted by Crippen LogP contribution is 2.37. The molecule has 0 bridgehead atoms. The Balaban J connectivity index is 1.77. The van der Waals surface area contributed by atoms with Gasteiger partial charge in [-0.1, -0.05) is 18.2 Å². The number of ether oxygens (including phenoxy) is 1. The zero-order valence-corrected chi connectivity index (χ0v) is 15.8. The molecule has 28 heavy (non-hydrogen) atoms. The second-order valence-electron chi connectivity index (χ2n) is 6.80. The predicted molar refractivity (Wildman–Crippen MR) is 99.7 cm³/mol. The minimum absolute atomic E-state index is 0.154. The van der Waals surface area contributed by atoms with Gasteiger partial charge in [0.15, 0.2) is 0 Å². The van der Waals surface area contributed by atoms with Gasteiger partial charge in [0.25, 0.3) is 0 Å². The normalized spacial score (nSPS) is 18.1. The summed E-state index contributed by atoms with van der Waals surface area (Å²) in [6.45, 7) is 1.58. The number of nitrogens with zero attached hydrogens (tertiary/aromatic N) is 1. The van der Waals surface area contributed by atoms with Crippen LogP contribution >= 0.6 is 0 Å². The molecule has 0 saturated carbocycles. The van der Waals surface area contributed by atoms with Crippen molar-refractivity contribution >= 4 is 15.7 Å². The molecule has 0 spiro atoms.